The second-order valence-electron chi connectivity index (χ2n) is 9.53. The van der Waals surface area contributed by atoms with Crippen LogP contribution >= 0.6 is 0 Å². The number of piperazine rings is 1. The molecular formula is C25H38N4O2. The van der Waals surface area contributed by atoms with Crippen LogP contribution in [0.1, 0.15) is 38.2 Å². The molecule has 1 unspecified atom stereocenters. The van der Waals surface area contributed by atoms with Crippen LogP contribution in [0.2, 0.25) is 0 Å². The molecule has 0 aromatic heterocycles. The van der Waals surface area contributed by atoms with Gasteiger partial charge in [-0.05, 0) is 50.5 Å². The summed E-state index contributed by atoms with van der Waals surface area (Å²) in [6.07, 6.45) is 5.60. The van der Waals surface area contributed by atoms with E-state index in [4.69, 9.17) is 0 Å². The maximum absolute atomic E-state index is 13.1. The first-order valence-corrected chi connectivity index (χ1v) is 12.2. The number of carbonyl (C=O) groups is 2. The maximum Gasteiger partial charge on any atom is 0.239 e. The highest BCUT2D eigenvalue weighted by molar-refractivity contribution is 5.81. The van der Waals surface area contributed by atoms with Crippen LogP contribution in [0, 0.1) is 5.92 Å². The molecule has 0 radical (unpaired) electrons. The Kier molecular flexibility index (Phi) is 7.62. The maximum atomic E-state index is 13.1. The van der Waals surface area contributed by atoms with E-state index in [1.165, 1.54) is 5.56 Å². The number of carbonyl (C=O) groups excluding carboxylic acids is 2. The molecule has 1 aromatic carbocycles. The van der Waals surface area contributed by atoms with E-state index in [0.29, 0.717) is 12.5 Å². The molecule has 4 rings (SSSR count). The Hall–Kier alpha value is -1.92. The summed E-state index contributed by atoms with van der Waals surface area (Å²) >= 11 is 0. The summed E-state index contributed by atoms with van der Waals surface area (Å²) < 4.78 is 0. The van der Waals surface area contributed by atoms with Crippen molar-refractivity contribution in [3.8, 4) is 0 Å². The van der Waals surface area contributed by atoms with Gasteiger partial charge in [0.2, 0.25) is 11.8 Å². The lowest BCUT2D eigenvalue weighted by Crippen LogP contribution is -2.56. The average Bonchev–Trinajstić information content (AvgIpc) is 3.35. The Labute approximate surface area is 187 Å². The van der Waals surface area contributed by atoms with Crippen molar-refractivity contribution in [2.24, 2.45) is 5.92 Å². The van der Waals surface area contributed by atoms with Crippen molar-refractivity contribution in [1.29, 1.82) is 0 Å². The fraction of sp³-hybridized carbons (Fsp3) is 0.680. The van der Waals surface area contributed by atoms with Gasteiger partial charge < -0.3 is 9.80 Å². The Morgan fingerprint density at radius 2 is 1.52 bits per heavy atom. The van der Waals surface area contributed by atoms with Crippen LogP contribution < -0.4 is 0 Å². The lowest BCUT2D eigenvalue weighted by molar-refractivity contribution is -0.139. The van der Waals surface area contributed by atoms with Crippen molar-refractivity contribution in [2.45, 2.75) is 45.1 Å². The van der Waals surface area contributed by atoms with Crippen molar-refractivity contribution in [3.63, 3.8) is 0 Å². The van der Waals surface area contributed by atoms with Crippen LogP contribution in [0.3, 0.4) is 0 Å². The second-order valence-corrected chi connectivity index (χ2v) is 9.53. The molecule has 170 valence electrons. The summed E-state index contributed by atoms with van der Waals surface area (Å²) in [7, 11) is 0. The predicted molar refractivity (Wildman–Crippen MR) is 123 cm³/mol. The highest BCUT2D eigenvalue weighted by Crippen LogP contribution is 2.23. The molecule has 6 heteroatoms. The summed E-state index contributed by atoms with van der Waals surface area (Å²) in [4.78, 5) is 34.1. The van der Waals surface area contributed by atoms with E-state index in [1.54, 1.807) is 0 Å². The second kappa shape index (κ2) is 10.6. The minimum atomic E-state index is -0.0675. The van der Waals surface area contributed by atoms with E-state index in [-0.39, 0.29) is 17.9 Å². The van der Waals surface area contributed by atoms with Gasteiger partial charge in [0.25, 0.3) is 0 Å². The number of hydrogen-bond acceptors (Lipinski definition) is 4. The van der Waals surface area contributed by atoms with Gasteiger partial charge in [-0.15, -0.1) is 0 Å². The summed E-state index contributed by atoms with van der Waals surface area (Å²) in [5, 5.41) is 0. The van der Waals surface area contributed by atoms with Gasteiger partial charge in [-0.1, -0.05) is 30.3 Å². The van der Waals surface area contributed by atoms with Crippen molar-refractivity contribution >= 4 is 11.8 Å². The van der Waals surface area contributed by atoms with Crippen LogP contribution in [0.15, 0.2) is 30.3 Å². The van der Waals surface area contributed by atoms with E-state index in [0.717, 1.165) is 84.5 Å². The lowest BCUT2D eigenvalue weighted by atomic mass is 9.90. The standard InChI is InChI=1S/C25H38N4O2/c1-21(27-17-15-26(16-18-27)20-24(30)28-11-5-6-12-28)25(31)29-13-9-23(10-14-29)19-22-7-3-2-4-8-22/h2-4,7-8,21,23H,5-6,9-20H2,1H3. The van der Waals surface area contributed by atoms with Gasteiger partial charge in [-0.3, -0.25) is 19.4 Å². The first-order valence-electron chi connectivity index (χ1n) is 12.2. The SMILES string of the molecule is CC(C(=O)N1CCC(Cc2ccccc2)CC1)N1CCN(CC(=O)N2CCCC2)CC1. The van der Waals surface area contributed by atoms with E-state index < -0.39 is 0 Å². The van der Waals surface area contributed by atoms with Crippen molar-refractivity contribution in [2.75, 3.05) is 58.9 Å². The summed E-state index contributed by atoms with van der Waals surface area (Å²) in [6.45, 7) is 9.67. The van der Waals surface area contributed by atoms with Gasteiger partial charge >= 0.3 is 0 Å². The van der Waals surface area contributed by atoms with Crippen LogP contribution in [0.5, 0.6) is 0 Å². The molecule has 1 atom stereocenters. The van der Waals surface area contributed by atoms with Gasteiger partial charge in [-0.2, -0.15) is 0 Å². The molecule has 0 aliphatic carbocycles. The first-order chi connectivity index (χ1) is 15.1. The van der Waals surface area contributed by atoms with E-state index in [2.05, 4.69) is 52.0 Å². The molecule has 6 nitrogen and oxygen atoms in total. The summed E-state index contributed by atoms with van der Waals surface area (Å²) in [5.41, 5.74) is 1.40. The number of amides is 2. The van der Waals surface area contributed by atoms with E-state index in [1.807, 2.05) is 4.90 Å². The Morgan fingerprint density at radius 1 is 0.871 bits per heavy atom. The number of nitrogens with zero attached hydrogens (tertiary/aromatic N) is 4. The number of benzene rings is 1. The smallest absolute Gasteiger partial charge is 0.239 e. The van der Waals surface area contributed by atoms with Crippen LogP contribution in [-0.4, -0.2) is 96.4 Å². The highest BCUT2D eigenvalue weighted by Gasteiger charge is 2.31. The lowest BCUT2D eigenvalue weighted by Gasteiger charge is -2.40. The Morgan fingerprint density at radius 3 is 2.16 bits per heavy atom. The zero-order valence-corrected chi connectivity index (χ0v) is 19.0. The quantitative estimate of drug-likeness (QED) is 0.699. The normalized spacial score (nSPS) is 22.6. The predicted octanol–water partition coefficient (Wildman–Crippen LogP) is 2.10. The van der Waals surface area contributed by atoms with Crippen LogP contribution in [-0.2, 0) is 16.0 Å². The van der Waals surface area contributed by atoms with Crippen molar-refractivity contribution < 1.29 is 9.59 Å². The topological polar surface area (TPSA) is 47.1 Å². The molecule has 1 aromatic rings. The molecule has 31 heavy (non-hydrogen) atoms. The molecule has 0 N–H and O–H groups in total. The largest absolute Gasteiger partial charge is 0.342 e. The molecule has 0 spiro atoms. The third-order valence-corrected chi connectivity index (χ3v) is 7.42. The first kappa shape index (κ1) is 22.3. The monoisotopic (exact) mass is 426 g/mol. The molecule has 0 bridgehead atoms. The Balaban J connectivity index is 1.18. The molecule has 3 fully saturated rings. The molecule has 3 heterocycles. The average molecular weight is 427 g/mol. The molecule has 2 amide bonds. The van der Waals surface area contributed by atoms with Crippen molar-refractivity contribution in [1.82, 2.24) is 19.6 Å². The fourth-order valence-electron chi connectivity index (χ4n) is 5.29. The number of likely N-dealkylation sites (tertiary alicyclic amines) is 2. The van der Waals surface area contributed by atoms with Gasteiger partial charge in [-0.25, -0.2) is 0 Å². The fourth-order valence-corrected chi connectivity index (χ4v) is 5.29. The zero-order valence-electron chi connectivity index (χ0n) is 19.0. The van der Waals surface area contributed by atoms with Crippen LogP contribution in [0.4, 0.5) is 0 Å². The third kappa shape index (κ3) is 5.86. The molecule has 3 aliphatic rings. The van der Waals surface area contributed by atoms with Crippen LogP contribution in [0.25, 0.3) is 0 Å². The number of rotatable bonds is 6. The Bertz CT molecular complexity index is 718. The number of piperidine rings is 1. The number of hydrogen-bond donors (Lipinski definition) is 0. The van der Waals surface area contributed by atoms with E-state index in [9.17, 15) is 9.59 Å². The summed E-state index contributed by atoms with van der Waals surface area (Å²) in [5.74, 6) is 1.23. The van der Waals surface area contributed by atoms with E-state index >= 15 is 0 Å². The summed E-state index contributed by atoms with van der Waals surface area (Å²) in [6, 6.07) is 10.6. The van der Waals surface area contributed by atoms with Crippen molar-refractivity contribution in [3.05, 3.63) is 35.9 Å². The van der Waals surface area contributed by atoms with Gasteiger partial charge in [0.1, 0.15) is 0 Å². The third-order valence-electron chi connectivity index (χ3n) is 7.42. The molecule has 3 aliphatic heterocycles. The minimum absolute atomic E-state index is 0.0675. The highest BCUT2D eigenvalue weighted by atomic mass is 16.2. The molecule has 3 saturated heterocycles. The minimum Gasteiger partial charge on any atom is -0.342 e. The van der Waals surface area contributed by atoms with Gasteiger partial charge in [0, 0.05) is 52.4 Å². The van der Waals surface area contributed by atoms with Gasteiger partial charge in [0.15, 0.2) is 0 Å². The molecular weight excluding hydrogens is 388 g/mol. The molecule has 0 saturated carbocycles. The van der Waals surface area contributed by atoms with Gasteiger partial charge in [0.05, 0.1) is 12.6 Å². The zero-order chi connectivity index (χ0) is 21.6.